The summed E-state index contributed by atoms with van der Waals surface area (Å²) in [6.45, 7) is 4.88. The number of hydrogen-bond donors (Lipinski definition) is 1. The molecule has 1 aliphatic heterocycles. The first-order chi connectivity index (χ1) is 12.1. The van der Waals surface area contributed by atoms with Crippen molar-refractivity contribution in [2.75, 3.05) is 19.6 Å². The molecule has 3 atom stereocenters. The van der Waals surface area contributed by atoms with Gasteiger partial charge in [-0.05, 0) is 38.3 Å². The lowest BCUT2D eigenvalue weighted by Crippen LogP contribution is -2.58. The first-order valence-corrected chi connectivity index (χ1v) is 9.54. The molecule has 4 rings (SSSR count). The van der Waals surface area contributed by atoms with Crippen LogP contribution < -0.4 is 5.32 Å². The Morgan fingerprint density at radius 1 is 1.12 bits per heavy atom. The summed E-state index contributed by atoms with van der Waals surface area (Å²) < 4.78 is 0. The highest BCUT2D eigenvalue weighted by Crippen LogP contribution is 2.34. The van der Waals surface area contributed by atoms with Crippen LogP contribution in [0.25, 0.3) is 0 Å². The van der Waals surface area contributed by atoms with E-state index in [1.807, 2.05) is 23.1 Å². The lowest BCUT2D eigenvalue weighted by Gasteiger charge is -2.47. The van der Waals surface area contributed by atoms with Gasteiger partial charge in [0.15, 0.2) is 0 Å². The second-order valence-corrected chi connectivity index (χ2v) is 7.74. The Hall–Kier alpha value is -1.88. The summed E-state index contributed by atoms with van der Waals surface area (Å²) in [7, 11) is 0. The van der Waals surface area contributed by atoms with Crippen LogP contribution in [0.1, 0.15) is 43.0 Å². The molecule has 0 radical (unpaired) electrons. The third-order valence-electron chi connectivity index (χ3n) is 5.99. The second kappa shape index (κ2) is 6.79. The number of carbonyl (C=O) groups excluding carboxylic acids is 2. The van der Waals surface area contributed by atoms with E-state index in [1.165, 1.54) is 19.3 Å². The van der Waals surface area contributed by atoms with Crippen molar-refractivity contribution >= 4 is 11.8 Å². The highest BCUT2D eigenvalue weighted by atomic mass is 16.2. The van der Waals surface area contributed by atoms with E-state index in [2.05, 4.69) is 17.1 Å². The van der Waals surface area contributed by atoms with Crippen LogP contribution in [-0.2, 0) is 4.79 Å². The van der Waals surface area contributed by atoms with Crippen molar-refractivity contribution in [3.63, 3.8) is 0 Å². The average molecular weight is 341 g/mol. The Morgan fingerprint density at radius 3 is 2.52 bits per heavy atom. The average Bonchev–Trinajstić information content (AvgIpc) is 3.34. The number of nitrogens with one attached hydrogen (secondary N) is 1. The molecule has 1 aromatic rings. The van der Waals surface area contributed by atoms with Crippen molar-refractivity contribution in [2.24, 2.45) is 5.92 Å². The topological polar surface area (TPSA) is 52.7 Å². The zero-order valence-corrected chi connectivity index (χ0v) is 14.9. The Kier molecular flexibility index (Phi) is 4.50. The van der Waals surface area contributed by atoms with Crippen molar-refractivity contribution in [1.29, 1.82) is 0 Å². The fourth-order valence-electron chi connectivity index (χ4n) is 4.14. The van der Waals surface area contributed by atoms with Gasteiger partial charge in [-0.1, -0.05) is 24.6 Å². The van der Waals surface area contributed by atoms with Gasteiger partial charge in [0.2, 0.25) is 5.91 Å². The summed E-state index contributed by atoms with van der Waals surface area (Å²) >= 11 is 0. The number of rotatable bonds is 4. The van der Waals surface area contributed by atoms with Crippen molar-refractivity contribution in [2.45, 2.75) is 50.7 Å². The molecular formula is C20H27N3O2. The van der Waals surface area contributed by atoms with Crippen LogP contribution in [0.4, 0.5) is 0 Å². The monoisotopic (exact) mass is 341 g/mol. The van der Waals surface area contributed by atoms with E-state index in [-0.39, 0.29) is 23.8 Å². The molecule has 1 N–H and O–H groups in total. The van der Waals surface area contributed by atoms with Gasteiger partial charge in [-0.3, -0.25) is 14.5 Å². The molecule has 2 saturated carbocycles. The Labute approximate surface area is 149 Å². The van der Waals surface area contributed by atoms with Crippen LogP contribution in [0, 0.1) is 5.92 Å². The molecule has 3 fully saturated rings. The van der Waals surface area contributed by atoms with E-state index in [0.717, 1.165) is 32.1 Å². The first kappa shape index (κ1) is 16.6. The van der Waals surface area contributed by atoms with Gasteiger partial charge in [0, 0.05) is 43.3 Å². The number of nitrogens with zero attached hydrogens (tertiary/aromatic N) is 2. The van der Waals surface area contributed by atoms with Gasteiger partial charge < -0.3 is 10.2 Å². The molecule has 5 nitrogen and oxygen atoms in total. The van der Waals surface area contributed by atoms with Gasteiger partial charge in [0.25, 0.3) is 5.91 Å². The van der Waals surface area contributed by atoms with Crippen LogP contribution in [0.15, 0.2) is 30.3 Å². The van der Waals surface area contributed by atoms with Crippen LogP contribution in [-0.4, -0.2) is 59.4 Å². The maximum absolute atomic E-state index is 12.8. The quantitative estimate of drug-likeness (QED) is 0.910. The normalized spacial score (nSPS) is 29.8. The fraction of sp³-hybridized carbons (Fsp3) is 0.600. The predicted molar refractivity (Wildman–Crippen MR) is 96.2 cm³/mol. The van der Waals surface area contributed by atoms with Crippen molar-refractivity contribution < 1.29 is 9.59 Å². The molecule has 5 heteroatoms. The summed E-state index contributed by atoms with van der Waals surface area (Å²) in [4.78, 5) is 29.5. The molecule has 1 heterocycles. The maximum Gasteiger partial charge on any atom is 0.251 e. The molecule has 2 amide bonds. The van der Waals surface area contributed by atoms with Crippen LogP contribution in [0.3, 0.4) is 0 Å². The Balaban J connectivity index is 1.27. The van der Waals surface area contributed by atoms with E-state index in [9.17, 15) is 9.59 Å². The Morgan fingerprint density at radius 2 is 1.88 bits per heavy atom. The van der Waals surface area contributed by atoms with Crippen LogP contribution in [0.2, 0.25) is 0 Å². The number of amides is 2. The van der Waals surface area contributed by atoms with E-state index in [4.69, 9.17) is 0 Å². The highest BCUT2D eigenvalue weighted by Gasteiger charge is 2.47. The molecule has 3 aliphatic rings. The molecule has 1 saturated heterocycles. The molecule has 0 spiro atoms. The lowest BCUT2D eigenvalue weighted by atomic mass is 9.89. The molecule has 0 unspecified atom stereocenters. The second-order valence-electron chi connectivity index (χ2n) is 7.74. The van der Waals surface area contributed by atoms with E-state index < -0.39 is 0 Å². The molecule has 1 aromatic carbocycles. The van der Waals surface area contributed by atoms with Crippen molar-refractivity contribution in [3.05, 3.63) is 35.9 Å². The zero-order valence-electron chi connectivity index (χ0n) is 14.9. The maximum atomic E-state index is 12.8. The number of piperazine rings is 1. The summed E-state index contributed by atoms with van der Waals surface area (Å²) in [6, 6.07) is 10.4. The molecular weight excluding hydrogens is 314 g/mol. The minimum atomic E-state index is -0.0796. The van der Waals surface area contributed by atoms with Gasteiger partial charge in [-0.25, -0.2) is 0 Å². The SMILES string of the molecule is C[C@@H]1CN(C(=O)[C@@H]2C[C@H]2NC(=O)c2ccccc2)CCN1C1CCC1. The van der Waals surface area contributed by atoms with Gasteiger partial charge in [0.05, 0.1) is 5.92 Å². The van der Waals surface area contributed by atoms with Crippen LogP contribution >= 0.6 is 0 Å². The number of carbonyl (C=O) groups is 2. The summed E-state index contributed by atoms with van der Waals surface area (Å²) in [5, 5.41) is 3.00. The fourth-order valence-corrected chi connectivity index (χ4v) is 4.14. The first-order valence-electron chi connectivity index (χ1n) is 9.54. The minimum Gasteiger partial charge on any atom is -0.348 e. The molecule has 2 aliphatic carbocycles. The number of hydrogen-bond acceptors (Lipinski definition) is 3. The van der Waals surface area contributed by atoms with Gasteiger partial charge in [-0.2, -0.15) is 0 Å². The van der Waals surface area contributed by atoms with Crippen LogP contribution in [0.5, 0.6) is 0 Å². The third kappa shape index (κ3) is 3.43. The minimum absolute atomic E-state index is 0.000161. The zero-order chi connectivity index (χ0) is 17.4. The summed E-state index contributed by atoms with van der Waals surface area (Å²) in [5.74, 6) is 0.109. The van der Waals surface area contributed by atoms with Gasteiger partial charge in [-0.15, -0.1) is 0 Å². The van der Waals surface area contributed by atoms with E-state index in [0.29, 0.717) is 11.6 Å². The van der Waals surface area contributed by atoms with Crippen molar-refractivity contribution in [1.82, 2.24) is 15.1 Å². The summed E-state index contributed by atoms with van der Waals surface area (Å²) in [6.07, 6.45) is 4.75. The highest BCUT2D eigenvalue weighted by molar-refractivity contribution is 5.95. The predicted octanol–water partition coefficient (Wildman–Crippen LogP) is 1.89. The molecule has 134 valence electrons. The lowest BCUT2D eigenvalue weighted by molar-refractivity contribution is -0.136. The van der Waals surface area contributed by atoms with Gasteiger partial charge >= 0.3 is 0 Å². The third-order valence-corrected chi connectivity index (χ3v) is 5.99. The Bertz CT molecular complexity index is 644. The van der Waals surface area contributed by atoms with E-state index >= 15 is 0 Å². The van der Waals surface area contributed by atoms with E-state index in [1.54, 1.807) is 12.1 Å². The standard InChI is InChI=1S/C20H27N3O2/c1-14-13-22(10-11-23(14)16-8-5-9-16)20(25)17-12-18(17)21-19(24)15-6-3-2-4-7-15/h2-4,6-7,14,16-18H,5,8-13H2,1H3,(H,21,24)/t14-,17-,18-/m1/s1. The molecule has 25 heavy (non-hydrogen) atoms. The van der Waals surface area contributed by atoms with Crippen molar-refractivity contribution in [3.8, 4) is 0 Å². The smallest absolute Gasteiger partial charge is 0.251 e. The number of benzene rings is 1. The van der Waals surface area contributed by atoms with Gasteiger partial charge in [0.1, 0.15) is 0 Å². The molecule has 0 bridgehead atoms. The largest absolute Gasteiger partial charge is 0.348 e. The molecule has 0 aromatic heterocycles. The summed E-state index contributed by atoms with van der Waals surface area (Å²) in [5.41, 5.74) is 0.656.